The van der Waals surface area contributed by atoms with Gasteiger partial charge in [0.25, 0.3) is 5.91 Å². The summed E-state index contributed by atoms with van der Waals surface area (Å²) < 4.78 is 42.8. The van der Waals surface area contributed by atoms with Gasteiger partial charge in [0.05, 0.1) is 17.5 Å². The lowest BCUT2D eigenvalue weighted by Gasteiger charge is -2.24. The number of carbonyl (C=O) groups is 1. The Morgan fingerprint density at radius 2 is 1.87 bits per heavy atom. The number of carbonyl (C=O) groups excluding carboxylic acids is 1. The molecule has 30 heavy (non-hydrogen) atoms. The highest BCUT2D eigenvalue weighted by molar-refractivity contribution is 8.15. The Kier molecular flexibility index (Phi) is 6.10. The van der Waals surface area contributed by atoms with Crippen molar-refractivity contribution in [1.29, 1.82) is 0 Å². The Hall–Kier alpha value is -2.39. The number of para-hydroxylation sites is 1. The molecule has 0 aliphatic carbocycles. The molecule has 0 N–H and O–H groups in total. The van der Waals surface area contributed by atoms with Gasteiger partial charge in [-0.25, -0.2) is 12.8 Å². The topological polar surface area (TPSA) is 76.0 Å². The Bertz CT molecular complexity index is 1040. The number of amidine groups is 1. The first kappa shape index (κ1) is 20.9. The third-order valence-corrected chi connectivity index (χ3v) is 8.30. The first-order valence-corrected chi connectivity index (χ1v) is 12.3. The van der Waals surface area contributed by atoms with Crippen molar-refractivity contribution in [3.63, 3.8) is 0 Å². The number of halogens is 1. The summed E-state index contributed by atoms with van der Waals surface area (Å²) in [5.41, 5.74) is 0.934. The second kappa shape index (κ2) is 8.77. The number of amides is 1. The molecular formula is C21H21FN2O4S2. The predicted octanol–water partition coefficient (Wildman–Crippen LogP) is 2.54. The van der Waals surface area contributed by atoms with Crippen LogP contribution in [-0.2, 0) is 21.1 Å². The summed E-state index contributed by atoms with van der Waals surface area (Å²) in [4.78, 5) is 18.5. The number of ether oxygens (including phenoxy) is 1. The molecule has 0 spiro atoms. The normalized spacial score (nSPS) is 23.5. The Balaban J connectivity index is 1.46. The summed E-state index contributed by atoms with van der Waals surface area (Å²) in [6, 6.07) is 15.0. The molecule has 6 nitrogen and oxygen atoms in total. The molecule has 4 rings (SSSR count). The van der Waals surface area contributed by atoms with Crippen LogP contribution in [-0.4, -0.2) is 60.3 Å². The van der Waals surface area contributed by atoms with Crippen LogP contribution in [0.1, 0.15) is 5.56 Å². The van der Waals surface area contributed by atoms with Crippen molar-refractivity contribution in [1.82, 2.24) is 4.90 Å². The van der Waals surface area contributed by atoms with Gasteiger partial charge in [0, 0.05) is 11.8 Å². The number of nitrogens with zero attached hydrogens (tertiary/aromatic N) is 2. The zero-order valence-electron chi connectivity index (χ0n) is 16.1. The summed E-state index contributed by atoms with van der Waals surface area (Å²) in [6.07, 6.45) is 0.595. The van der Waals surface area contributed by atoms with Crippen LogP contribution in [0.3, 0.4) is 0 Å². The number of thioether (sulfide) groups is 1. The molecule has 0 saturated carbocycles. The average molecular weight is 449 g/mol. The van der Waals surface area contributed by atoms with Gasteiger partial charge in [-0.05, 0) is 36.2 Å². The first-order valence-electron chi connectivity index (χ1n) is 9.57. The Morgan fingerprint density at radius 1 is 1.13 bits per heavy atom. The summed E-state index contributed by atoms with van der Waals surface area (Å²) in [5.74, 6) is 0.00572. The molecular weight excluding hydrogens is 427 g/mol. The minimum Gasteiger partial charge on any atom is -0.484 e. The van der Waals surface area contributed by atoms with Crippen LogP contribution in [0.25, 0.3) is 0 Å². The van der Waals surface area contributed by atoms with Crippen LogP contribution in [0.4, 0.5) is 4.39 Å². The van der Waals surface area contributed by atoms with Gasteiger partial charge in [0.1, 0.15) is 11.6 Å². The highest BCUT2D eigenvalue weighted by Gasteiger charge is 2.48. The van der Waals surface area contributed by atoms with Crippen molar-refractivity contribution < 1.29 is 22.3 Å². The average Bonchev–Trinajstić information content (AvgIpc) is 3.18. The van der Waals surface area contributed by atoms with Crippen molar-refractivity contribution in [2.24, 2.45) is 4.99 Å². The number of aliphatic imine (C=N–C) groups is 1. The van der Waals surface area contributed by atoms with Gasteiger partial charge in [-0.2, -0.15) is 4.99 Å². The number of fused-ring (bicyclic) bond motifs is 1. The largest absolute Gasteiger partial charge is 0.484 e. The van der Waals surface area contributed by atoms with Gasteiger partial charge in [0.2, 0.25) is 0 Å². The molecule has 2 heterocycles. The molecule has 158 valence electrons. The second-order valence-electron chi connectivity index (χ2n) is 7.26. The van der Waals surface area contributed by atoms with Crippen LogP contribution in [0.2, 0.25) is 0 Å². The first-order chi connectivity index (χ1) is 14.4. The quantitative estimate of drug-likeness (QED) is 0.676. The Morgan fingerprint density at radius 3 is 2.60 bits per heavy atom. The van der Waals surface area contributed by atoms with E-state index in [1.807, 2.05) is 23.1 Å². The molecule has 0 unspecified atom stereocenters. The standard InChI is InChI=1S/C21H21FN2O4S2/c22-16-8-6-15(7-9-16)10-11-24-18-13-30(26,27)14-19(18)29-21(24)23-20(25)12-28-17-4-2-1-3-5-17/h1-9,18-19H,10-14H2/t18-,19+/m1/s1. The maximum absolute atomic E-state index is 13.1. The van der Waals surface area contributed by atoms with E-state index in [-0.39, 0.29) is 35.2 Å². The number of hydrogen-bond acceptors (Lipinski definition) is 5. The summed E-state index contributed by atoms with van der Waals surface area (Å²) in [7, 11) is -3.10. The molecule has 2 aliphatic heterocycles. The fraction of sp³-hybridized carbons (Fsp3) is 0.333. The predicted molar refractivity (Wildman–Crippen MR) is 115 cm³/mol. The maximum Gasteiger partial charge on any atom is 0.285 e. The molecule has 0 bridgehead atoms. The monoisotopic (exact) mass is 448 g/mol. The van der Waals surface area contributed by atoms with Gasteiger partial charge in [-0.3, -0.25) is 4.79 Å². The molecule has 2 fully saturated rings. The Labute approximate surface area is 179 Å². The van der Waals surface area contributed by atoms with E-state index in [4.69, 9.17) is 4.74 Å². The van der Waals surface area contributed by atoms with Gasteiger partial charge >= 0.3 is 0 Å². The van der Waals surface area contributed by atoms with E-state index in [9.17, 15) is 17.6 Å². The maximum atomic E-state index is 13.1. The lowest BCUT2D eigenvalue weighted by atomic mass is 10.1. The smallest absolute Gasteiger partial charge is 0.285 e. The van der Waals surface area contributed by atoms with Crippen LogP contribution in [0.5, 0.6) is 5.75 Å². The number of benzene rings is 2. The van der Waals surface area contributed by atoms with Crippen LogP contribution in [0.15, 0.2) is 59.6 Å². The fourth-order valence-corrected chi connectivity index (χ4v) is 7.59. The highest BCUT2D eigenvalue weighted by Crippen LogP contribution is 2.38. The van der Waals surface area contributed by atoms with E-state index in [2.05, 4.69) is 4.99 Å². The highest BCUT2D eigenvalue weighted by atomic mass is 32.2. The number of sulfone groups is 1. The fourth-order valence-electron chi connectivity index (χ4n) is 3.60. The number of hydrogen-bond donors (Lipinski definition) is 0. The van der Waals surface area contributed by atoms with E-state index in [1.165, 1.54) is 23.9 Å². The van der Waals surface area contributed by atoms with E-state index < -0.39 is 15.7 Å². The van der Waals surface area contributed by atoms with Crippen molar-refractivity contribution in [3.05, 3.63) is 66.0 Å². The van der Waals surface area contributed by atoms with Crippen molar-refractivity contribution >= 4 is 32.7 Å². The zero-order chi connectivity index (χ0) is 21.1. The van der Waals surface area contributed by atoms with E-state index in [0.29, 0.717) is 23.9 Å². The van der Waals surface area contributed by atoms with Crippen molar-refractivity contribution in [3.8, 4) is 5.75 Å². The summed E-state index contributed by atoms with van der Waals surface area (Å²) in [5, 5.41) is 0.397. The third-order valence-electron chi connectivity index (χ3n) is 5.06. The van der Waals surface area contributed by atoms with Crippen molar-refractivity contribution in [2.75, 3.05) is 24.7 Å². The lowest BCUT2D eigenvalue weighted by molar-refractivity contribution is -0.119. The molecule has 0 aromatic heterocycles. The third kappa shape index (κ3) is 5.02. The molecule has 0 radical (unpaired) electrons. The van der Waals surface area contributed by atoms with Crippen LogP contribution < -0.4 is 4.74 Å². The molecule has 2 aliphatic rings. The molecule has 2 saturated heterocycles. The SMILES string of the molecule is O=C(COc1ccccc1)N=C1S[C@H]2CS(=O)(=O)C[C@H]2N1CCc1ccc(F)cc1. The molecule has 2 atom stereocenters. The summed E-state index contributed by atoms with van der Waals surface area (Å²) in [6.45, 7) is 0.314. The second-order valence-corrected chi connectivity index (χ2v) is 10.6. The number of rotatable bonds is 6. The van der Waals surface area contributed by atoms with Crippen molar-refractivity contribution in [2.45, 2.75) is 17.7 Å². The minimum absolute atomic E-state index is 0.0574. The molecule has 1 amide bonds. The summed E-state index contributed by atoms with van der Waals surface area (Å²) >= 11 is 1.34. The minimum atomic E-state index is -3.10. The van der Waals surface area contributed by atoms with Gasteiger partial charge in [-0.1, -0.05) is 42.1 Å². The van der Waals surface area contributed by atoms with Gasteiger partial charge in [-0.15, -0.1) is 0 Å². The van der Waals surface area contributed by atoms with Gasteiger partial charge < -0.3 is 9.64 Å². The molecule has 2 aromatic rings. The zero-order valence-corrected chi connectivity index (χ0v) is 17.7. The van der Waals surface area contributed by atoms with Gasteiger partial charge in [0.15, 0.2) is 21.6 Å². The van der Waals surface area contributed by atoms with E-state index in [0.717, 1.165) is 5.56 Å². The lowest BCUT2D eigenvalue weighted by Crippen LogP contribution is -2.39. The van der Waals surface area contributed by atoms with E-state index in [1.54, 1.807) is 24.3 Å². The van der Waals surface area contributed by atoms with Crippen LogP contribution >= 0.6 is 11.8 Å². The van der Waals surface area contributed by atoms with E-state index >= 15 is 0 Å². The molecule has 9 heteroatoms. The van der Waals surface area contributed by atoms with Crippen LogP contribution in [0, 0.1) is 5.82 Å². The molecule has 2 aromatic carbocycles.